The highest BCUT2D eigenvalue weighted by molar-refractivity contribution is 6.35. The van der Waals surface area contributed by atoms with Crippen LogP contribution in [0, 0.1) is 12.7 Å². The SMILES string of the molecule is C=CC(=O)N1C[C@H](C)N(c2nc(N3CC(N(C)C4CCC4)C3)nc3c(F)c(-c4c(C)ccc5[nH]ncc45)c(Cl)cc23)C[C@H]1C. The van der Waals surface area contributed by atoms with Gasteiger partial charge in [-0.1, -0.05) is 30.7 Å². The normalized spacial score (nSPS) is 21.3. The second-order valence-electron chi connectivity index (χ2n) is 12.7. The highest BCUT2D eigenvalue weighted by atomic mass is 35.5. The Bertz CT molecular complexity index is 1780. The van der Waals surface area contributed by atoms with E-state index in [2.05, 4.69) is 45.4 Å². The van der Waals surface area contributed by atoms with Crippen LogP contribution in [0.3, 0.4) is 0 Å². The van der Waals surface area contributed by atoms with Crippen LogP contribution in [-0.4, -0.2) is 93.3 Å². The third kappa shape index (κ3) is 4.61. The molecule has 2 atom stereocenters. The summed E-state index contributed by atoms with van der Waals surface area (Å²) in [7, 11) is 2.21. The number of aromatic nitrogens is 4. The van der Waals surface area contributed by atoms with Gasteiger partial charge in [-0.25, -0.2) is 9.37 Å². The van der Waals surface area contributed by atoms with Crippen LogP contribution in [0.25, 0.3) is 32.9 Å². The van der Waals surface area contributed by atoms with Crippen molar-refractivity contribution in [2.24, 2.45) is 0 Å². The third-order valence-electron chi connectivity index (χ3n) is 10.0. The molecule has 0 radical (unpaired) electrons. The highest BCUT2D eigenvalue weighted by Gasteiger charge is 2.38. The van der Waals surface area contributed by atoms with Gasteiger partial charge in [-0.2, -0.15) is 10.1 Å². The molecule has 1 saturated carbocycles. The number of H-pyrrole nitrogens is 1. The van der Waals surface area contributed by atoms with E-state index in [-0.39, 0.29) is 28.5 Å². The van der Waals surface area contributed by atoms with Crippen molar-refractivity contribution in [2.45, 2.75) is 64.2 Å². The summed E-state index contributed by atoms with van der Waals surface area (Å²) < 4.78 is 17.0. The Labute approximate surface area is 261 Å². The molecule has 2 aromatic heterocycles. The average molecular weight is 617 g/mol. The van der Waals surface area contributed by atoms with Crippen molar-refractivity contribution in [3.8, 4) is 11.1 Å². The number of fused-ring (bicyclic) bond motifs is 2. The number of anilines is 2. The first-order valence-electron chi connectivity index (χ1n) is 15.5. The van der Waals surface area contributed by atoms with E-state index < -0.39 is 5.82 Å². The second-order valence-corrected chi connectivity index (χ2v) is 13.1. The fourth-order valence-electron chi connectivity index (χ4n) is 7.03. The molecule has 4 heterocycles. The number of amides is 1. The molecule has 44 heavy (non-hydrogen) atoms. The zero-order valence-electron chi connectivity index (χ0n) is 25.6. The van der Waals surface area contributed by atoms with E-state index in [1.54, 1.807) is 12.3 Å². The number of nitrogens with one attached hydrogen (secondary N) is 1. The average Bonchev–Trinajstić information content (AvgIpc) is 3.42. The van der Waals surface area contributed by atoms with Crippen molar-refractivity contribution in [3.05, 3.63) is 53.5 Å². The predicted octanol–water partition coefficient (Wildman–Crippen LogP) is 5.56. The molecule has 1 N–H and O–H groups in total. The first kappa shape index (κ1) is 29.0. The summed E-state index contributed by atoms with van der Waals surface area (Å²) in [5.41, 5.74) is 2.95. The van der Waals surface area contributed by atoms with Crippen LogP contribution >= 0.6 is 11.6 Å². The van der Waals surface area contributed by atoms with Gasteiger partial charge in [0.15, 0.2) is 5.82 Å². The summed E-state index contributed by atoms with van der Waals surface area (Å²) in [6.07, 6.45) is 6.86. The molecule has 2 aromatic carbocycles. The number of carbonyl (C=O) groups excluding carboxylic acids is 1. The maximum atomic E-state index is 17.0. The van der Waals surface area contributed by atoms with Gasteiger partial charge >= 0.3 is 0 Å². The minimum atomic E-state index is -0.473. The molecule has 0 unspecified atom stereocenters. The van der Waals surface area contributed by atoms with Gasteiger partial charge in [-0.3, -0.25) is 14.8 Å². The molecule has 7 rings (SSSR count). The molecule has 2 aliphatic heterocycles. The largest absolute Gasteiger partial charge is 0.349 e. The first-order valence-corrected chi connectivity index (χ1v) is 15.8. The molecule has 11 heteroatoms. The van der Waals surface area contributed by atoms with Crippen molar-refractivity contribution in [1.29, 1.82) is 0 Å². The number of halogens is 2. The number of benzene rings is 2. The lowest BCUT2D eigenvalue weighted by atomic mass is 9.90. The predicted molar refractivity (Wildman–Crippen MR) is 174 cm³/mol. The van der Waals surface area contributed by atoms with Crippen molar-refractivity contribution < 1.29 is 9.18 Å². The standard InChI is InChI=1S/C33H38ClFN8O/c1-6-27(44)42-14-20(4)43(15-19(42)3)32-23-12-25(34)29(28-18(2)10-11-26-24(28)13-36-39-26)30(35)31(23)37-33(38-32)41-16-22(17-41)40(5)21-8-7-9-21/h6,10-13,19-22H,1,7-9,14-17H2,2-5H3,(H,36,39)/t19-,20+/m1/s1. The van der Waals surface area contributed by atoms with E-state index >= 15 is 4.39 Å². The van der Waals surface area contributed by atoms with Crippen LogP contribution in [0.4, 0.5) is 16.2 Å². The Kier molecular flexibility index (Phi) is 7.24. The van der Waals surface area contributed by atoms with Gasteiger partial charge in [-0.05, 0) is 64.4 Å². The van der Waals surface area contributed by atoms with E-state index in [4.69, 9.17) is 21.6 Å². The zero-order valence-corrected chi connectivity index (χ0v) is 26.4. The van der Waals surface area contributed by atoms with Crippen molar-refractivity contribution in [1.82, 2.24) is 30.0 Å². The molecule has 0 bridgehead atoms. The maximum absolute atomic E-state index is 17.0. The van der Waals surface area contributed by atoms with Gasteiger partial charge < -0.3 is 14.7 Å². The summed E-state index contributed by atoms with van der Waals surface area (Å²) in [6.45, 7) is 12.3. The number of carbonyl (C=O) groups is 1. The Balaban J connectivity index is 1.35. The smallest absolute Gasteiger partial charge is 0.246 e. The Morgan fingerprint density at radius 2 is 1.86 bits per heavy atom. The van der Waals surface area contributed by atoms with Gasteiger partial charge in [-0.15, -0.1) is 0 Å². The minimum Gasteiger partial charge on any atom is -0.349 e. The number of hydrogen-bond donors (Lipinski definition) is 1. The molecule has 2 saturated heterocycles. The number of likely N-dealkylation sites (N-methyl/N-ethyl adjacent to an activating group) is 1. The van der Waals surface area contributed by atoms with Crippen LogP contribution in [0.5, 0.6) is 0 Å². The number of hydrogen-bond acceptors (Lipinski definition) is 7. The molecule has 9 nitrogen and oxygen atoms in total. The van der Waals surface area contributed by atoms with E-state index in [0.29, 0.717) is 53.5 Å². The van der Waals surface area contributed by atoms with Crippen LogP contribution < -0.4 is 9.80 Å². The third-order valence-corrected chi connectivity index (χ3v) is 10.3. The molecule has 3 aliphatic rings. The van der Waals surface area contributed by atoms with Crippen LogP contribution in [0.15, 0.2) is 37.1 Å². The second kappa shape index (κ2) is 11.0. The quantitative estimate of drug-likeness (QED) is 0.284. The van der Waals surface area contributed by atoms with Crippen LogP contribution in [-0.2, 0) is 4.79 Å². The van der Waals surface area contributed by atoms with Crippen LogP contribution in [0.1, 0.15) is 38.7 Å². The molecule has 1 amide bonds. The molecule has 3 fully saturated rings. The molecular weight excluding hydrogens is 579 g/mol. The molecule has 1 aliphatic carbocycles. The van der Waals surface area contributed by atoms with Gasteiger partial charge in [0.25, 0.3) is 0 Å². The Morgan fingerprint density at radius 1 is 1.09 bits per heavy atom. The number of piperazine rings is 1. The lowest BCUT2D eigenvalue weighted by Crippen LogP contribution is -2.62. The molecular formula is C33H38ClFN8O. The summed E-state index contributed by atoms with van der Waals surface area (Å²) in [5, 5.41) is 8.83. The molecule has 0 spiro atoms. The van der Waals surface area contributed by atoms with Gasteiger partial charge in [0.1, 0.15) is 11.3 Å². The molecule has 230 valence electrons. The van der Waals surface area contributed by atoms with E-state index in [1.807, 2.05) is 30.9 Å². The minimum absolute atomic E-state index is 0.0709. The Hall–Kier alpha value is -3.76. The van der Waals surface area contributed by atoms with Crippen molar-refractivity contribution >= 4 is 51.1 Å². The topological polar surface area (TPSA) is 84.5 Å². The maximum Gasteiger partial charge on any atom is 0.246 e. The van der Waals surface area contributed by atoms with Gasteiger partial charge in [0, 0.05) is 72.2 Å². The fourth-order valence-corrected chi connectivity index (χ4v) is 7.32. The van der Waals surface area contributed by atoms with Crippen molar-refractivity contribution in [3.63, 3.8) is 0 Å². The van der Waals surface area contributed by atoms with Gasteiger partial charge in [0.2, 0.25) is 11.9 Å². The van der Waals surface area contributed by atoms with Crippen molar-refractivity contribution in [2.75, 3.05) is 43.0 Å². The lowest BCUT2D eigenvalue weighted by Gasteiger charge is -2.49. The fraction of sp³-hybridized carbons (Fsp3) is 0.455. The van der Waals surface area contributed by atoms with Crippen LogP contribution in [0.2, 0.25) is 5.02 Å². The number of aryl methyl sites for hydroxylation is 1. The monoisotopic (exact) mass is 616 g/mol. The molecule has 4 aromatic rings. The summed E-state index contributed by atoms with van der Waals surface area (Å²) >= 11 is 6.96. The zero-order chi connectivity index (χ0) is 30.9. The summed E-state index contributed by atoms with van der Waals surface area (Å²) in [4.78, 5) is 31.2. The highest BCUT2D eigenvalue weighted by Crippen LogP contribution is 2.43. The van der Waals surface area contributed by atoms with E-state index in [9.17, 15) is 4.79 Å². The summed E-state index contributed by atoms with van der Waals surface area (Å²) in [5.74, 6) is 0.582. The first-order chi connectivity index (χ1) is 21.2. The number of nitrogens with zero attached hydrogens (tertiary/aromatic N) is 7. The van der Waals surface area contributed by atoms with E-state index in [0.717, 1.165) is 29.6 Å². The number of aromatic amines is 1. The lowest BCUT2D eigenvalue weighted by molar-refractivity contribution is -0.128. The van der Waals surface area contributed by atoms with Gasteiger partial charge in [0.05, 0.1) is 16.7 Å². The summed E-state index contributed by atoms with van der Waals surface area (Å²) in [6, 6.07) is 6.58. The number of rotatable bonds is 6. The van der Waals surface area contributed by atoms with E-state index in [1.165, 1.54) is 25.3 Å². The Morgan fingerprint density at radius 3 is 2.57 bits per heavy atom.